The van der Waals surface area contributed by atoms with Crippen LogP contribution >= 0.6 is 0 Å². The van der Waals surface area contributed by atoms with E-state index in [0.717, 1.165) is 44.2 Å². The number of benzene rings is 1. The quantitative estimate of drug-likeness (QED) is 0.897. The maximum atomic E-state index is 13.3. The minimum absolute atomic E-state index is 0.174. The van der Waals surface area contributed by atoms with Crippen molar-refractivity contribution in [3.05, 3.63) is 29.6 Å². The van der Waals surface area contributed by atoms with Crippen molar-refractivity contribution in [3.63, 3.8) is 0 Å². The van der Waals surface area contributed by atoms with E-state index in [4.69, 9.17) is 0 Å². The highest BCUT2D eigenvalue weighted by Gasteiger charge is 2.33. The third-order valence-electron chi connectivity index (χ3n) is 3.83. The van der Waals surface area contributed by atoms with Crippen LogP contribution in [0, 0.1) is 5.82 Å². The smallest absolute Gasteiger partial charge is 0.241 e. The zero-order chi connectivity index (χ0) is 14.8. The van der Waals surface area contributed by atoms with E-state index in [9.17, 15) is 17.9 Å². The summed E-state index contributed by atoms with van der Waals surface area (Å²) in [6.45, 7) is 1.44. The van der Waals surface area contributed by atoms with Gasteiger partial charge in [-0.1, -0.05) is 25.3 Å². The highest BCUT2D eigenvalue weighted by Crippen LogP contribution is 2.30. The summed E-state index contributed by atoms with van der Waals surface area (Å²) in [4.78, 5) is -0.174. The molecule has 112 valence electrons. The van der Waals surface area contributed by atoms with Crippen molar-refractivity contribution < 1.29 is 17.9 Å². The van der Waals surface area contributed by atoms with Gasteiger partial charge in [-0.15, -0.1) is 0 Å². The zero-order valence-electron chi connectivity index (χ0n) is 11.5. The average Bonchev–Trinajstić information content (AvgIpc) is 2.38. The molecule has 0 spiro atoms. The van der Waals surface area contributed by atoms with E-state index in [1.54, 1.807) is 0 Å². The first kappa shape index (κ1) is 15.4. The Balaban J connectivity index is 2.32. The molecule has 1 aliphatic carbocycles. The van der Waals surface area contributed by atoms with Gasteiger partial charge in [0.1, 0.15) is 5.82 Å². The Morgan fingerprint density at radius 3 is 2.55 bits per heavy atom. The SMILES string of the molecule is CC1(NS(=O)(=O)c2cc(F)ccc2CO)CCCCC1. The van der Waals surface area contributed by atoms with Crippen molar-refractivity contribution in [3.8, 4) is 0 Å². The molecule has 1 aromatic rings. The van der Waals surface area contributed by atoms with Gasteiger partial charge in [0.05, 0.1) is 11.5 Å². The minimum atomic E-state index is -3.83. The first-order valence-corrected chi connectivity index (χ1v) is 8.28. The van der Waals surface area contributed by atoms with Crippen LogP contribution in [0.2, 0.25) is 0 Å². The number of rotatable bonds is 4. The molecule has 2 rings (SSSR count). The summed E-state index contributed by atoms with van der Waals surface area (Å²) >= 11 is 0. The van der Waals surface area contributed by atoms with Gasteiger partial charge in [0, 0.05) is 5.54 Å². The summed E-state index contributed by atoms with van der Waals surface area (Å²) in [6, 6.07) is 3.40. The lowest BCUT2D eigenvalue weighted by molar-refractivity contribution is 0.277. The Morgan fingerprint density at radius 1 is 1.30 bits per heavy atom. The van der Waals surface area contributed by atoms with E-state index in [0.29, 0.717) is 0 Å². The van der Waals surface area contributed by atoms with Crippen molar-refractivity contribution in [1.29, 1.82) is 0 Å². The van der Waals surface area contributed by atoms with Crippen LogP contribution in [-0.4, -0.2) is 19.1 Å². The van der Waals surface area contributed by atoms with E-state index in [1.807, 2.05) is 6.92 Å². The highest BCUT2D eigenvalue weighted by molar-refractivity contribution is 7.89. The fourth-order valence-electron chi connectivity index (χ4n) is 2.72. The summed E-state index contributed by atoms with van der Waals surface area (Å²) in [5.41, 5.74) is -0.283. The second kappa shape index (κ2) is 5.79. The lowest BCUT2D eigenvalue weighted by atomic mass is 9.84. The van der Waals surface area contributed by atoms with Gasteiger partial charge in [-0.3, -0.25) is 0 Å². The number of hydrogen-bond acceptors (Lipinski definition) is 3. The Bertz CT molecular complexity index is 580. The number of sulfonamides is 1. The molecule has 1 aliphatic rings. The maximum Gasteiger partial charge on any atom is 0.241 e. The monoisotopic (exact) mass is 301 g/mol. The third kappa shape index (κ3) is 3.37. The van der Waals surface area contributed by atoms with Gasteiger partial charge in [0.15, 0.2) is 0 Å². The Morgan fingerprint density at radius 2 is 1.95 bits per heavy atom. The molecule has 0 unspecified atom stereocenters. The molecule has 2 N–H and O–H groups in total. The van der Waals surface area contributed by atoms with Crippen molar-refractivity contribution in [2.45, 2.75) is 56.1 Å². The van der Waals surface area contributed by atoms with Crippen molar-refractivity contribution in [2.75, 3.05) is 0 Å². The van der Waals surface area contributed by atoms with Crippen LogP contribution in [0.3, 0.4) is 0 Å². The van der Waals surface area contributed by atoms with E-state index in [2.05, 4.69) is 4.72 Å². The van der Waals surface area contributed by atoms with Crippen LogP contribution in [-0.2, 0) is 16.6 Å². The average molecular weight is 301 g/mol. The molecule has 20 heavy (non-hydrogen) atoms. The molecule has 0 saturated heterocycles. The van der Waals surface area contributed by atoms with Crippen molar-refractivity contribution in [2.24, 2.45) is 0 Å². The fourth-order valence-corrected chi connectivity index (χ4v) is 4.43. The zero-order valence-corrected chi connectivity index (χ0v) is 12.3. The van der Waals surface area contributed by atoms with E-state index < -0.39 is 28.0 Å². The Kier molecular flexibility index (Phi) is 4.46. The van der Waals surface area contributed by atoms with Gasteiger partial charge in [0.2, 0.25) is 10.0 Å². The fraction of sp³-hybridized carbons (Fsp3) is 0.571. The van der Waals surface area contributed by atoms with Crippen molar-refractivity contribution in [1.82, 2.24) is 4.72 Å². The summed E-state index contributed by atoms with van der Waals surface area (Å²) in [5, 5.41) is 9.23. The molecular formula is C14H20FNO3S. The molecule has 0 heterocycles. The van der Waals surface area contributed by atoms with E-state index >= 15 is 0 Å². The van der Waals surface area contributed by atoms with Crippen LogP contribution in [0.5, 0.6) is 0 Å². The van der Waals surface area contributed by atoms with Gasteiger partial charge >= 0.3 is 0 Å². The van der Waals surface area contributed by atoms with Crippen LogP contribution in [0.25, 0.3) is 0 Å². The first-order chi connectivity index (χ1) is 9.36. The Hall–Kier alpha value is -0.980. The predicted octanol–water partition coefficient (Wildman–Crippen LogP) is 2.32. The van der Waals surface area contributed by atoms with Gasteiger partial charge < -0.3 is 5.11 Å². The summed E-state index contributed by atoms with van der Waals surface area (Å²) in [5.74, 6) is -0.628. The second-order valence-electron chi connectivity index (χ2n) is 5.64. The molecule has 0 aromatic heterocycles. The lowest BCUT2D eigenvalue weighted by Gasteiger charge is -2.34. The van der Waals surface area contributed by atoms with E-state index in [-0.39, 0.29) is 10.5 Å². The maximum absolute atomic E-state index is 13.3. The van der Waals surface area contributed by atoms with Gasteiger partial charge in [-0.05, 0) is 37.5 Å². The normalized spacial score (nSPS) is 18.9. The van der Waals surface area contributed by atoms with Gasteiger partial charge in [-0.25, -0.2) is 17.5 Å². The number of nitrogens with one attached hydrogen (secondary N) is 1. The second-order valence-corrected chi connectivity index (χ2v) is 7.29. The molecule has 1 saturated carbocycles. The lowest BCUT2D eigenvalue weighted by Crippen LogP contribution is -2.47. The molecule has 0 atom stereocenters. The van der Waals surface area contributed by atoms with Crippen LogP contribution in [0.1, 0.15) is 44.6 Å². The van der Waals surface area contributed by atoms with E-state index in [1.165, 1.54) is 6.07 Å². The first-order valence-electron chi connectivity index (χ1n) is 6.80. The van der Waals surface area contributed by atoms with Gasteiger partial charge in [0.25, 0.3) is 0 Å². The summed E-state index contributed by atoms with van der Waals surface area (Å²) in [6.07, 6.45) is 4.62. The Labute approximate surface area is 119 Å². The minimum Gasteiger partial charge on any atom is -0.392 e. The molecule has 0 aliphatic heterocycles. The number of aliphatic hydroxyl groups is 1. The molecule has 0 radical (unpaired) electrons. The highest BCUT2D eigenvalue weighted by atomic mass is 32.2. The molecule has 6 heteroatoms. The molecule has 4 nitrogen and oxygen atoms in total. The molecule has 0 amide bonds. The molecule has 0 bridgehead atoms. The predicted molar refractivity (Wildman–Crippen MR) is 74.1 cm³/mol. The molecular weight excluding hydrogens is 281 g/mol. The molecule has 1 aromatic carbocycles. The molecule has 1 fully saturated rings. The third-order valence-corrected chi connectivity index (χ3v) is 5.55. The number of aliphatic hydroxyl groups excluding tert-OH is 1. The number of halogens is 1. The van der Waals surface area contributed by atoms with Crippen LogP contribution in [0.4, 0.5) is 4.39 Å². The summed E-state index contributed by atoms with van der Waals surface area (Å²) < 4.78 is 40.9. The number of hydrogen-bond donors (Lipinski definition) is 2. The topological polar surface area (TPSA) is 66.4 Å². The van der Waals surface area contributed by atoms with Crippen molar-refractivity contribution >= 4 is 10.0 Å². The standard InChI is InChI=1S/C14H20FNO3S/c1-14(7-3-2-4-8-14)16-20(18,19)13-9-12(15)6-5-11(13)10-17/h5-6,9,16-17H,2-4,7-8,10H2,1H3. The van der Waals surface area contributed by atoms with Crippen LogP contribution < -0.4 is 4.72 Å². The van der Waals surface area contributed by atoms with Crippen LogP contribution in [0.15, 0.2) is 23.1 Å². The van der Waals surface area contributed by atoms with Gasteiger partial charge in [-0.2, -0.15) is 0 Å². The summed E-state index contributed by atoms with van der Waals surface area (Å²) in [7, 11) is -3.83. The largest absolute Gasteiger partial charge is 0.392 e.